The number of benzene rings is 2. The predicted octanol–water partition coefficient (Wildman–Crippen LogP) is 4.91. The Balaban J connectivity index is 1.79. The number of piperazine rings is 1. The first kappa shape index (κ1) is 21.4. The lowest BCUT2D eigenvalue weighted by atomic mass is 10.0. The predicted molar refractivity (Wildman–Crippen MR) is 127 cm³/mol. The van der Waals surface area contributed by atoms with Gasteiger partial charge in [-0.05, 0) is 48.4 Å². The van der Waals surface area contributed by atoms with Crippen LogP contribution in [0.15, 0.2) is 58.0 Å². The molecule has 0 saturated carbocycles. The first-order valence-electron chi connectivity index (χ1n) is 10.4. The molecule has 2 heterocycles. The van der Waals surface area contributed by atoms with Crippen LogP contribution in [0.2, 0.25) is 0 Å². The second kappa shape index (κ2) is 8.36. The molecule has 30 heavy (non-hydrogen) atoms. The summed E-state index contributed by atoms with van der Waals surface area (Å²) in [4.78, 5) is 5.03. The first-order valence-corrected chi connectivity index (χ1v) is 12.7. The van der Waals surface area contributed by atoms with Crippen molar-refractivity contribution in [3.8, 4) is 0 Å². The van der Waals surface area contributed by atoms with Gasteiger partial charge in [-0.3, -0.25) is 0 Å². The quantitative estimate of drug-likeness (QED) is 0.510. The largest absolute Gasteiger partial charge is 0.367 e. The number of anilines is 1. The zero-order chi connectivity index (χ0) is 21.5. The van der Waals surface area contributed by atoms with E-state index in [4.69, 9.17) is 0 Å². The minimum atomic E-state index is -3.69. The van der Waals surface area contributed by atoms with E-state index in [-0.39, 0.29) is 0 Å². The molecule has 1 aliphatic rings. The minimum Gasteiger partial charge on any atom is -0.367 e. The standard InChI is InChI=1S/C23H28BrN3O2S/c1-4-25-11-13-26(14-12-25)23-16-27(22-10-7-19(24)15-21(22)23)30(28,29)20-8-5-18(6-9-20)17(2)3/h5-10,15-17H,4,11-14H2,1-3H3. The van der Waals surface area contributed by atoms with Gasteiger partial charge in [-0.1, -0.05) is 48.8 Å². The number of halogens is 1. The molecule has 0 spiro atoms. The molecule has 0 atom stereocenters. The molecule has 0 N–H and O–H groups in total. The third-order valence-corrected chi connectivity index (χ3v) is 8.16. The highest BCUT2D eigenvalue weighted by Gasteiger charge is 2.25. The summed E-state index contributed by atoms with van der Waals surface area (Å²) in [6.07, 6.45) is 1.80. The second-order valence-electron chi connectivity index (χ2n) is 8.12. The fraction of sp³-hybridized carbons (Fsp3) is 0.391. The van der Waals surface area contributed by atoms with Crippen LogP contribution >= 0.6 is 15.9 Å². The Morgan fingerprint density at radius 1 is 1.00 bits per heavy atom. The van der Waals surface area contributed by atoms with E-state index in [2.05, 4.69) is 46.5 Å². The zero-order valence-electron chi connectivity index (χ0n) is 17.7. The summed E-state index contributed by atoms with van der Waals surface area (Å²) in [7, 11) is -3.69. The number of aromatic nitrogens is 1. The monoisotopic (exact) mass is 489 g/mol. The van der Waals surface area contributed by atoms with Gasteiger partial charge >= 0.3 is 0 Å². The topological polar surface area (TPSA) is 45.5 Å². The maximum atomic E-state index is 13.5. The van der Waals surface area contributed by atoms with Gasteiger partial charge in [0.2, 0.25) is 0 Å². The van der Waals surface area contributed by atoms with E-state index >= 15 is 0 Å². The summed E-state index contributed by atoms with van der Waals surface area (Å²) in [5.74, 6) is 0.361. The van der Waals surface area contributed by atoms with E-state index < -0.39 is 10.0 Å². The molecule has 2 aromatic carbocycles. The lowest BCUT2D eigenvalue weighted by Gasteiger charge is -2.35. The minimum absolute atomic E-state index is 0.314. The molecule has 0 unspecified atom stereocenters. The number of hydrogen-bond donors (Lipinski definition) is 0. The molecular weight excluding hydrogens is 462 g/mol. The van der Waals surface area contributed by atoms with Crippen LogP contribution in [0.1, 0.15) is 32.3 Å². The van der Waals surface area contributed by atoms with Crippen LogP contribution in [0.4, 0.5) is 5.69 Å². The Labute approximate surface area is 187 Å². The van der Waals surface area contributed by atoms with Crippen molar-refractivity contribution >= 4 is 42.5 Å². The van der Waals surface area contributed by atoms with Crippen molar-refractivity contribution in [2.24, 2.45) is 0 Å². The summed E-state index contributed by atoms with van der Waals surface area (Å²) in [6.45, 7) is 11.2. The Morgan fingerprint density at radius 2 is 1.67 bits per heavy atom. The van der Waals surface area contributed by atoms with Crippen molar-refractivity contribution in [2.45, 2.75) is 31.6 Å². The van der Waals surface area contributed by atoms with Crippen molar-refractivity contribution in [3.05, 3.63) is 58.7 Å². The van der Waals surface area contributed by atoms with Crippen molar-refractivity contribution in [1.82, 2.24) is 8.87 Å². The molecule has 1 saturated heterocycles. The van der Waals surface area contributed by atoms with Gasteiger partial charge in [-0.25, -0.2) is 12.4 Å². The van der Waals surface area contributed by atoms with E-state index in [9.17, 15) is 8.42 Å². The SMILES string of the molecule is CCN1CCN(c2cn(S(=O)(=O)c3ccc(C(C)C)cc3)c3ccc(Br)cc23)CC1. The molecule has 1 aliphatic heterocycles. The van der Waals surface area contributed by atoms with Crippen molar-refractivity contribution in [1.29, 1.82) is 0 Å². The van der Waals surface area contributed by atoms with Gasteiger partial charge < -0.3 is 9.80 Å². The smallest absolute Gasteiger partial charge is 0.268 e. The number of nitrogens with zero attached hydrogens (tertiary/aromatic N) is 3. The molecular formula is C23H28BrN3O2S. The van der Waals surface area contributed by atoms with Crippen LogP contribution in [0.5, 0.6) is 0 Å². The number of likely N-dealkylation sites (N-methyl/N-ethyl adjacent to an activating group) is 1. The zero-order valence-corrected chi connectivity index (χ0v) is 20.1. The van der Waals surface area contributed by atoms with Crippen LogP contribution in [0.3, 0.4) is 0 Å². The van der Waals surface area contributed by atoms with E-state index in [0.29, 0.717) is 16.3 Å². The van der Waals surface area contributed by atoms with Gasteiger partial charge in [-0.2, -0.15) is 0 Å². The highest BCUT2D eigenvalue weighted by molar-refractivity contribution is 9.10. The maximum Gasteiger partial charge on any atom is 0.268 e. The fourth-order valence-corrected chi connectivity index (χ4v) is 5.77. The summed E-state index contributed by atoms with van der Waals surface area (Å²) in [5, 5.41) is 0.955. The lowest BCUT2D eigenvalue weighted by Crippen LogP contribution is -2.46. The van der Waals surface area contributed by atoms with Crippen molar-refractivity contribution in [2.75, 3.05) is 37.6 Å². The van der Waals surface area contributed by atoms with Crippen LogP contribution in [-0.2, 0) is 10.0 Å². The van der Waals surface area contributed by atoms with Crippen LogP contribution in [0.25, 0.3) is 10.9 Å². The molecule has 5 nitrogen and oxygen atoms in total. The summed E-state index contributed by atoms with van der Waals surface area (Å²) >= 11 is 3.55. The lowest BCUT2D eigenvalue weighted by molar-refractivity contribution is 0.271. The first-order chi connectivity index (χ1) is 14.3. The van der Waals surface area contributed by atoms with Crippen LogP contribution < -0.4 is 4.90 Å². The highest BCUT2D eigenvalue weighted by atomic mass is 79.9. The molecule has 1 aromatic heterocycles. The van der Waals surface area contributed by atoms with Crippen LogP contribution in [0, 0.1) is 0 Å². The van der Waals surface area contributed by atoms with E-state index in [1.165, 1.54) is 3.97 Å². The van der Waals surface area contributed by atoms with E-state index in [0.717, 1.165) is 53.8 Å². The molecule has 160 valence electrons. The summed E-state index contributed by atoms with van der Waals surface area (Å²) in [5.41, 5.74) is 2.81. The summed E-state index contributed by atoms with van der Waals surface area (Å²) < 4.78 is 29.5. The van der Waals surface area contributed by atoms with Gasteiger partial charge in [0, 0.05) is 42.2 Å². The molecule has 3 aromatic rings. The average molecular weight is 490 g/mol. The molecule has 0 aliphatic carbocycles. The van der Waals surface area contributed by atoms with E-state index in [1.54, 1.807) is 18.3 Å². The Kier molecular flexibility index (Phi) is 5.97. The van der Waals surface area contributed by atoms with Crippen molar-refractivity contribution < 1.29 is 8.42 Å². The second-order valence-corrected chi connectivity index (χ2v) is 10.9. The summed E-state index contributed by atoms with van der Waals surface area (Å²) in [6, 6.07) is 13.0. The third kappa shape index (κ3) is 3.90. The Morgan fingerprint density at radius 3 is 2.27 bits per heavy atom. The fourth-order valence-electron chi connectivity index (χ4n) is 4.05. The van der Waals surface area contributed by atoms with Gasteiger partial charge in [0.05, 0.1) is 16.1 Å². The van der Waals surface area contributed by atoms with Gasteiger partial charge in [0.25, 0.3) is 10.0 Å². The Hall–Kier alpha value is -1.83. The molecule has 7 heteroatoms. The molecule has 0 radical (unpaired) electrons. The highest BCUT2D eigenvalue weighted by Crippen LogP contribution is 2.34. The normalized spacial score (nSPS) is 16.0. The number of hydrogen-bond acceptors (Lipinski definition) is 4. The number of fused-ring (bicyclic) bond motifs is 1. The average Bonchev–Trinajstić information content (AvgIpc) is 3.13. The van der Waals surface area contributed by atoms with Crippen LogP contribution in [-0.4, -0.2) is 50.0 Å². The number of rotatable bonds is 5. The molecule has 0 amide bonds. The Bertz CT molecular complexity index is 1150. The molecule has 4 rings (SSSR count). The van der Waals surface area contributed by atoms with Gasteiger partial charge in [0.15, 0.2) is 0 Å². The molecule has 0 bridgehead atoms. The maximum absolute atomic E-state index is 13.5. The van der Waals surface area contributed by atoms with Gasteiger partial charge in [-0.15, -0.1) is 0 Å². The van der Waals surface area contributed by atoms with Gasteiger partial charge in [0.1, 0.15) is 0 Å². The molecule has 1 fully saturated rings. The third-order valence-electron chi connectivity index (χ3n) is 5.98. The van der Waals surface area contributed by atoms with E-state index in [1.807, 2.05) is 30.3 Å². The van der Waals surface area contributed by atoms with Crippen molar-refractivity contribution in [3.63, 3.8) is 0 Å².